The molecular weight excluding hydrogens is 417 g/mol. The van der Waals surface area contributed by atoms with Gasteiger partial charge in [-0.1, -0.05) is 0 Å². The average molecular weight is 428 g/mol. The van der Waals surface area contributed by atoms with Crippen LogP contribution < -0.4 is 14.3 Å². The van der Waals surface area contributed by atoms with Crippen LogP contribution in [0.5, 0.6) is 0 Å². The molecule has 2 heterocycles. The third kappa shape index (κ3) is 2.52. The molecule has 0 saturated carbocycles. The van der Waals surface area contributed by atoms with E-state index in [4.69, 9.17) is 9.84 Å². The molecule has 0 unspecified atom stereocenters. The van der Waals surface area contributed by atoms with Crippen LogP contribution in [0.2, 0.25) is 0 Å². The number of aliphatic hydroxyl groups is 2. The molecule has 2 rings (SSSR count). The molecule has 88 valence electrons. The van der Waals surface area contributed by atoms with Crippen molar-refractivity contribution in [1.29, 1.82) is 0 Å². The van der Waals surface area contributed by atoms with Gasteiger partial charge in [0, 0.05) is 0 Å². The summed E-state index contributed by atoms with van der Waals surface area (Å²) in [7, 11) is 0. The third-order valence-electron chi connectivity index (χ3n) is 2.74. The first-order valence-corrected chi connectivity index (χ1v) is 7.89. The van der Waals surface area contributed by atoms with Gasteiger partial charge < -0.3 is 0 Å². The van der Waals surface area contributed by atoms with Gasteiger partial charge in [-0.05, 0) is 0 Å². The molecule has 0 radical (unpaired) electrons. The quantitative estimate of drug-likeness (QED) is 0.447. The summed E-state index contributed by atoms with van der Waals surface area (Å²) in [4.78, 5) is 25.0. The number of hydrogen-bond acceptors (Lipinski definition) is 5. The molecule has 1 saturated heterocycles. The van der Waals surface area contributed by atoms with Crippen molar-refractivity contribution >= 4 is 3.07 Å². The van der Waals surface area contributed by atoms with Crippen molar-refractivity contribution in [2.45, 2.75) is 24.9 Å². The van der Waals surface area contributed by atoms with Crippen LogP contribution in [0.4, 0.5) is 0 Å². The number of H-pyrrole nitrogens is 1. The average Bonchev–Trinajstić information content (AvgIpc) is 2.65. The number of nitrogens with zero attached hydrogens (tertiary/aromatic N) is 1. The number of hydrogen-bond donors (Lipinski definition) is 3. The zero-order chi connectivity index (χ0) is 12.6. The molecule has 0 bridgehead atoms. The maximum absolute atomic E-state index is 11.6. The van der Waals surface area contributed by atoms with Gasteiger partial charge >= 0.3 is 112 Å². The topological polar surface area (TPSA) is 105 Å². The summed E-state index contributed by atoms with van der Waals surface area (Å²) >= 11 is 0.0895. The Bertz CT molecular complexity index is 525. The number of aromatic amines is 1. The first kappa shape index (κ1) is 12.9. The molecule has 3 atom stereocenters. The van der Waals surface area contributed by atoms with Crippen molar-refractivity contribution in [3.8, 4) is 0 Å². The van der Waals surface area contributed by atoms with E-state index in [9.17, 15) is 14.7 Å². The van der Waals surface area contributed by atoms with E-state index in [0.717, 1.165) is 0 Å². The van der Waals surface area contributed by atoms with Gasteiger partial charge in [0.15, 0.2) is 0 Å². The predicted molar refractivity (Wildman–Crippen MR) is 52.6 cm³/mol. The van der Waals surface area contributed by atoms with E-state index in [1.807, 2.05) is 0 Å². The molecule has 0 aliphatic carbocycles. The van der Waals surface area contributed by atoms with Gasteiger partial charge in [-0.25, -0.2) is 0 Å². The van der Waals surface area contributed by atoms with Crippen LogP contribution in [0.15, 0.2) is 15.8 Å². The fourth-order valence-electron chi connectivity index (χ4n) is 1.79. The molecule has 17 heavy (non-hydrogen) atoms. The second-order valence-electron chi connectivity index (χ2n) is 3.94. The van der Waals surface area contributed by atoms with Gasteiger partial charge in [-0.15, -0.1) is 0 Å². The third-order valence-corrected chi connectivity index (χ3v) is 4.69. The molecule has 3 N–H and O–H groups in total. The molecule has 1 aliphatic rings. The summed E-state index contributed by atoms with van der Waals surface area (Å²) < 4.78 is 7.19. The first-order valence-electron chi connectivity index (χ1n) is 5.14. The Balaban J connectivity index is 2.34. The molecule has 7 nitrogen and oxygen atoms in total. The zero-order valence-electron chi connectivity index (χ0n) is 9.00. The number of nitrogens with one attached hydrogen (secondary N) is 1. The van der Waals surface area contributed by atoms with Gasteiger partial charge in [-0.2, -0.15) is 0 Å². The van der Waals surface area contributed by atoms with Crippen LogP contribution in [0.1, 0.15) is 12.6 Å². The minimum atomic E-state index is -0.800. The summed E-state index contributed by atoms with van der Waals surface area (Å²) in [5, 5.41) is 18.5. The summed E-state index contributed by atoms with van der Waals surface area (Å²) in [6.07, 6.45) is -0.410. The molecule has 1 aromatic rings. The van der Waals surface area contributed by atoms with E-state index in [-0.39, 0.29) is 44.7 Å². The van der Waals surface area contributed by atoms with Crippen LogP contribution >= 0.6 is 0 Å². The SMILES string of the molecule is O=c1[nH]c(=O)n([C@H]2C[C@H](O)[C@@H](CO)O2)c[c]1[Hg+]. The van der Waals surface area contributed by atoms with E-state index in [2.05, 4.69) is 4.98 Å². The summed E-state index contributed by atoms with van der Waals surface area (Å²) in [5.41, 5.74) is -0.910. The van der Waals surface area contributed by atoms with Crippen LogP contribution in [0.3, 0.4) is 0 Å². The Labute approximate surface area is 112 Å². The van der Waals surface area contributed by atoms with Gasteiger partial charge in [0.25, 0.3) is 0 Å². The van der Waals surface area contributed by atoms with Crippen LogP contribution in [-0.4, -0.2) is 38.6 Å². The van der Waals surface area contributed by atoms with E-state index < -0.39 is 24.1 Å². The molecule has 1 aliphatic heterocycles. The molecular formula is C9H11HgN2O5+. The second kappa shape index (κ2) is 5.01. The molecule has 8 heteroatoms. The van der Waals surface area contributed by atoms with Gasteiger partial charge in [0.2, 0.25) is 0 Å². The van der Waals surface area contributed by atoms with Crippen LogP contribution in [-0.2, 0) is 30.9 Å². The zero-order valence-corrected chi connectivity index (χ0v) is 14.5. The Morgan fingerprint density at radius 2 is 2.29 bits per heavy atom. The van der Waals surface area contributed by atoms with Crippen LogP contribution in [0, 0.1) is 0 Å². The van der Waals surface area contributed by atoms with E-state index in [1.165, 1.54) is 10.8 Å². The summed E-state index contributed by atoms with van der Waals surface area (Å²) in [5.74, 6) is 0. The Hall–Kier alpha value is -0.505. The Morgan fingerprint density at radius 1 is 1.59 bits per heavy atom. The molecule has 1 fully saturated rings. The van der Waals surface area contributed by atoms with Crippen molar-refractivity contribution in [3.63, 3.8) is 0 Å². The second-order valence-corrected chi connectivity index (χ2v) is 6.90. The van der Waals surface area contributed by atoms with E-state index in [0.29, 0.717) is 3.07 Å². The van der Waals surface area contributed by atoms with Gasteiger partial charge in [-0.3, -0.25) is 0 Å². The van der Waals surface area contributed by atoms with Crippen molar-refractivity contribution in [2.75, 3.05) is 6.61 Å². The predicted octanol–water partition coefficient (Wildman–Crippen LogP) is -2.65. The monoisotopic (exact) mass is 429 g/mol. The Kier molecular flexibility index (Phi) is 3.81. The standard InChI is InChI=1S/C9H11N2O5.Hg/c12-4-6-5(13)3-8(16-6)11-2-1-7(14)10-9(11)15;/h2,5-6,8,12-13H,3-4H2,(H,10,14,15);/q;+1/t5-,6+,8+;/m0./s1. The van der Waals surface area contributed by atoms with Gasteiger partial charge in [0.1, 0.15) is 0 Å². The van der Waals surface area contributed by atoms with E-state index in [1.54, 1.807) is 0 Å². The summed E-state index contributed by atoms with van der Waals surface area (Å²) in [6.45, 7) is -0.299. The van der Waals surface area contributed by atoms with Crippen molar-refractivity contribution in [2.24, 2.45) is 0 Å². The summed E-state index contributed by atoms with van der Waals surface area (Å²) in [6, 6.07) is 0. The molecule has 0 aromatic carbocycles. The maximum atomic E-state index is 11.6. The number of aliphatic hydroxyl groups excluding tert-OH is 2. The van der Waals surface area contributed by atoms with Crippen molar-refractivity contribution < 1.29 is 41.1 Å². The number of ether oxygens (including phenoxy) is 1. The molecule has 0 spiro atoms. The number of aromatic nitrogens is 2. The minimum absolute atomic E-state index is 0.0895. The normalized spacial score (nSPS) is 28.6. The van der Waals surface area contributed by atoms with Crippen molar-refractivity contribution in [3.05, 3.63) is 27.0 Å². The fraction of sp³-hybridized carbons (Fsp3) is 0.556. The van der Waals surface area contributed by atoms with E-state index >= 15 is 0 Å². The first-order chi connectivity index (χ1) is 8.02. The Morgan fingerprint density at radius 3 is 2.88 bits per heavy atom. The molecule has 1 aromatic heterocycles. The van der Waals surface area contributed by atoms with Crippen LogP contribution in [0.25, 0.3) is 0 Å². The molecule has 0 amide bonds. The van der Waals surface area contributed by atoms with Gasteiger partial charge in [0.05, 0.1) is 0 Å². The van der Waals surface area contributed by atoms with Crippen molar-refractivity contribution in [1.82, 2.24) is 9.55 Å². The fourth-order valence-corrected chi connectivity index (χ4v) is 2.90. The number of rotatable bonds is 2.